The minimum Gasteiger partial charge on any atom is -0.372 e. The summed E-state index contributed by atoms with van der Waals surface area (Å²) in [6.07, 6.45) is 7.94. The van der Waals surface area contributed by atoms with Gasteiger partial charge in [0.1, 0.15) is 0 Å². The highest BCUT2D eigenvalue weighted by Crippen LogP contribution is 2.36. The van der Waals surface area contributed by atoms with E-state index in [-0.39, 0.29) is 0 Å². The predicted molar refractivity (Wildman–Crippen MR) is 51.7 cm³/mol. The van der Waals surface area contributed by atoms with E-state index < -0.39 is 0 Å². The molecule has 2 saturated heterocycles. The molecule has 3 aliphatic rings. The Morgan fingerprint density at radius 1 is 1.15 bits per heavy atom. The molecule has 1 saturated carbocycles. The number of nitrogens with zero attached hydrogens (tertiary/aromatic N) is 1. The lowest BCUT2D eigenvalue weighted by Crippen LogP contribution is -2.37. The summed E-state index contributed by atoms with van der Waals surface area (Å²) >= 11 is 0. The second-order valence-corrected chi connectivity index (χ2v) is 4.85. The number of likely N-dealkylation sites (tertiary alicyclic amines) is 1. The summed E-state index contributed by atoms with van der Waals surface area (Å²) in [6, 6.07) is 0.929. The number of fused-ring (bicyclic) bond motifs is 1. The molecule has 0 unspecified atom stereocenters. The SMILES string of the molecule is C1CC[C@H]2[C@@H](C1)CCN2C[C@H]1CO1. The van der Waals surface area contributed by atoms with Crippen molar-refractivity contribution in [2.24, 2.45) is 5.92 Å². The topological polar surface area (TPSA) is 15.8 Å². The van der Waals surface area contributed by atoms with Crippen molar-refractivity contribution in [3.8, 4) is 0 Å². The number of ether oxygens (including phenoxy) is 1. The lowest BCUT2D eigenvalue weighted by Gasteiger charge is -2.31. The molecule has 0 aromatic carbocycles. The van der Waals surface area contributed by atoms with Crippen molar-refractivity contribution >= 4 is 0 Å². The van der Waals surface area contributed by atoms with Gasteiger partial charge in [0.15, 0.2) is 0 Å². The molecule has 0 spiro atoms. The smallest absolute Gasteiger partial charge is 0.0936 e. The predicted octanol–water partition coefficient (Wildman–Crippen LogP) is 1.65. The molecule has 0 radical (unpaired) electrons. The van der Waals surface area contributed by atoms with Gasteiger partial charge in [-0.2, -0.15) is 0 Å². The van der Waals surface area contributed by atoms with Gasteiger partial charge in [-0.05, 0) is 31.7 Å². The molecule has 0 aromatic rings. The van der Waals surface area contributed by atoms with E-state index in [1.54, 1.807) is 0 Å². The number of hydrogen-bond acceptors (Lipinski definition) is 2. The summed E-state index contributed by atoms with van der Waals surface area (Å²) in [4.78, 5) is 2.70. The first-order valence-electron chi connectivity index (χ1n) is 5.79. The van der Waals surface area contributed by atoms with Crippen molar-refractivity contribution in [3.05, 3.63) is 0 Å². The van der Waals surface area contributed by atoms with Crippen molar-refractivity contribution in [2.45, 2.75) is 44.2 Å². The molecule has 13 heavy (non-hydrogen) atoms. The van der Waals surface area contributed by atoms with Gasteiger partial charge < -0.3 is 4.74 Å². The van der Waals surface area contributed by atoms with Crippen LogP contribution in [0.2, 0.25) is 0 Å². The van der Waals surface area contributed by atoms with E-state index in [2.05, 4.69) is 4.90 Å². The Hall–Kier alpha value is -0.0800. The van der Waals surface area contributed by atoms with E-state index in [4.69, 9.17) is 4.74 Å². The molecule has 0 amide bonds. The van der Waals surface area contributed by atoms with E-state index in [9.17, 15) is 0 Å². The Morgan fingerprint density at radius 3 is 2.85 bits per heavy atom. The maximum atomic E-state index is 5.31. The molecule has 3 fully saturated rings. The van der Waals surface area contributed by atoms with Crippen LogP contribution in [0.25, 0.3) is 0 Å². The lowest BCUT2D eigenvalue weighted by molar-refractivity contribution is 0.169. The van der Waals surface area contributed by atoms with Crippen LogP contribution in [0.5, 0.6) is 0 Å². The van der Waals surface area contributed by atoms with Crippen LogP contribution in [0.1, 0.15) is 32.1 Å². The van der Waals surface area contributed by atoms with Gasteiger partial charge in [0.25, 0.3) is 0 Å². The van der Waals surface area contributed by atoms with Gasteiger partial charge in [-0.1, -0.05) is 12.8 Å². The quantitative estimate of drug-likeness (QED) is 0.602. The van der Waals surface area contributed by atoms with Crippen LogP contribution in [-0.2, 0) is 4.74 Å². The van der Waals surface area contributed by atoms with Crippen molar-refractivity contribution in [1.29, 1.82) is 0 Å². The maximum Gasteiger partial charge on any atom is 0.0936 e. The molecule has 3 atom stereocenters. The van der Waals surface area contributed by atoms with E-state index in [1.807, 2.05) is 0 Å². The average Bonchev–Trinajstić information content (AvgIpc) is 2.88. The fourth-order valence-electron chi connectivity index (χ4n) is 3.16. The molecular weight excluding hydrogens is 162 g/mol. The van der Waals surface area contributed by atoms with E-state index in [1.165, 1.54) is 45.2 Å². The first-order valence-corrected chi connectivity index (χ1v) is 5.79. The fraction of sp³-hybridized carbons (Fsp3) is 1.00. The highest BCUT2D eigenvalue weighted by Gasteiger charge is 2.38. The van der Waals surface area contributed by atoms with Crippen molar-refractivity contribution < 1.29 is 4.74 Å². The third kappa shape index (κ3) is 1.62. The zero-order valence-electron chi connectivity index (χ0n) is 8.24. The fourth-order valence-corrected chi connectivity index (χ4v) is 3.16. The molecule has 2 aliphatic heterocycles. The Balaban J connectivity index is 1.61. The zero-order chi connectivity index (χ0) is 8.67. The average molecular weight is 181 g/mol. The van der Waals surface area contributed by atoms with Crippen LogP contribution in [0, 0.1) is 5.92 Å². The lowest BCUT2D eigenvalue weighted by atomic mass is 9.85. The summed E-state index contributed by atoms with van der Waals surface area (Å²) in [7, 11) is 0. The Kier molecular flexibility index (Phi) is 2.06. The Bertz CT molecular complexity index is 191. The summed E-state index contributed by atoms with van der Waals surface area (Å²) < 4.78 is 5.31. The monoisotopic (exact) mass is 181 g/mol. The van der Waals surface area contributed by atoms with Crippen LogP contribution >= 0.6 is 0 Å². The van der Waals surface area contributed by atoms with Crippen LogP contribution in [0.15, 0.2) is 0 Å². The largest absolute Gasteiger partial charge is 0.372 e. The molecule has 2 nitrogen and oxygen atoms in total. The molecule has 2 heterocycles. The van der Waals surface area contributed by atoms with Gasteiger partial charge >= 0.3 is 0 Å². The summed E-state index contributed by atoms with van der Waals surface area (Å²) in [5.41, 5.74) is 0. The van der Waals surface area contributed by atoms with E-state index in [0.29, 0.717) is 6.10 Å². The van der Waals surface area contributed by atoms with Crippen LogP contribution < -0.4 is 0 Å². The molecule has 74 valence electrons. The number of epoxide rings is 1. The van der Waals surface area contributed by atoms with Gasteiger partial charge in [-0.15, -0.1) is 0 Å². The molecule has 2 heteroatoms. The first kappa shape index (κ1) is 8.25. The second-order valence-electron chi connectivity index (χ2n) is 4.85. The number of hydrogen-bond donors (Lipinski definition) is 0. The zero-order valence-corrected chi connectivity index (χ0v) is 8.24. The summed E-state index contributed by atoms with van der Waals surface area (Å²) in [5.74, 6) is 1.03. The minimum atomic E-state index is 0.598. The first-order chi connectivity index (χ1) is 6.43. The summed E-state index contributed by atoms with van der Waals surface area (Å²) in [5, 5.41) is 0. The van der Waals surface area contributed by atoms with Crippen molar-refractivity contribution in [2.75, 3.05) is 19.7 Å². The van der Waals surface area contributed by atoms with Crippen LogP contribution in [0.3, 0.4) is 0 Å². The van der Waals surface area contributed by atoms with Gasteiger partial charge in [-0.3, -0.25) is 4.90 Å². The number of rotatable bonds is 2. The van der Waals surface area contributed by atoms with Gasteiger partial charge in [0, 0.05) is 12.6 Å². The van der Waals surface area contributed by atoms with Gasteiger partial charge in [-0.25, -0.2) is 0 Å². The molecule has 0 aromatic heterocycles. The van der Waals surface area contributed by atoms with Crippen LogP contribution in [0.4, 0.5) is 0 Å². The van der Waals surface area contributed by atoms with Crippen molar-refractivity contribution in [3.63, 3.8) is 0 Å². The standard InChI is InChI=1S/C11H19NO/c1-2-4-11-9(3-1)5-6-12(11)7-10-8-13-10/h9-11H,1-8H2/t9-,10-,11-/m0/s1. The van der Waals surface area contributed by atoms with E-state index >= 15 is 0 Å². The summed E-state index contributed by atoms with van der Waals surface area (Å²) in [6.45, 7) is 3.59. The highest BCUT2D eigenvalue weighted by molar-refractivity contribution is 4.91. The Morgan fingerprint density at radius 2 is 2.00 bits per heavy atom. The molecule has 1 aliphatic carbocycles. The second kappa shape index (κ2) is 3.25. The molecule has 0 N–H and O–H groups in total. The molecule has 3 rings (SSSR count). The molecule has 0 bridgehead atoms. The van der Waals surface area contributed by atoms with Gasteiger partial charge in [0.2, 0.25) is 0 Å². The van der Waals surface area contributed by atoms with Gasteiger partial charge in [0.05, 0.1) is 12.7 Å². The normalized spacial score (nSPS) is 44.8. The van der Waals surface area contributed by atoms with Crippen LogP contribution in [-0.4, -0.2) is 36.7 Å². The third-order valence-electron chi connectivity index (χ3n) is 3.97. The third-order valence-corrected chi connectivity index (χ3v) is 3.97. The Labute approximate surface area is 80.2 Å². The molecular formula is C11H19NO. The maximum absolute atomic E-state index is 5.31. The van der Waals surface area contributed by atoms with E-state index in [0.717, 1.165) is 18.6 Å². The minimum absolute atomic E-state index is 0.598. The van der Waals surface area contributed by atoms with Crippen molar-refractivity contribution in [1.82, 2.24) is 4.90 Å². The highest BCUT2D eigenvalue weighted by atomic mass is 16.6.